The summed E-state index contributed by atoms with van der Waals surface area (Å²) in [7, 11) is 0. The van der Waals surface area contributed by atoms with Crippen molar-refractivity contribution in [2.75, 3.05) is 0 Å². The third kappa shape index (κ3) is 2.94. The second-order valence-electron chi connectivity index (χ2n) is 5.61. The number of hydrogen-bond donors (Lipinski definition) is 1. The fourth-order valence-electron chi connectivity index (χ4n) is 2.55. The summed E-state index contributed by atoms with van der Waals surface area (Å²) in [5.74, 6) is 2.06. The number of rotatable bonds is 5. The minimum atomic E-state index is -0.0440. The van der Waals surface area contributed by atoms with Crippen LogP contribution in [-0.2, 0) is 6.54 Å². The van der Waals surface area contributed by atoms with Crippen LogP contribution in [0, 0.1) is 0 Å². The van der Waals surface area contributed by atoms with Gasteiger partial charge >= 0.3 is 0 Å². The fourth-order valence-corrected chi connectivity index (χ4v) is 2.55. The fraction of sp³-hybridized carbons (Fsp3) is 0.158. The first-order valence-corrected chi connectivity index (χ1v) is 7.88. The summed E-state index contributed by atoms with van der Waals surface area (Å²) in [4.78, 5) is 8.82. The molecule has 0 spiro atoms. The Morgan fingerprint density at radius 2 is 1.79 bits per heavy atom. The van der Waals surface area contributed by atoms with Crippen LogP contribution in [0.1, 0.15) is 24.7 Å². The van der Waals surface area contributed by atoms with Gasteiger partial charge in [0, 0.05) is 5.56 Å². The van der Waals surface area contributed by atoms with E-state index < -0.39 is 0 Å². The molecule has 2 aromatic carbocycles. The first-order chi connectivity index (χ1) is 11.8. The van der Waals surface area contributed by atoms with Gasteiger partial charge < -0.3 is 8.83 Å². The van der Waals surface area contributed by atoms with Gasteiger partial charge in [-0.2, -0.15) is 0 Å². The molecule has 1 atom stereocenters. The van der Waals surface area contributed by atoms with Gasteiger partial charge in [-0.3, -0.25) is 5.32 Å². The summed E-state index contributed by atoms with van der Waals surface area (Å²) in [5, 5.41) is 3.33. The number of oxazole rings is 2. The lowest BCUT2D eigenvalue weighted by Gasteiger charge is -2.07. The van der Waals surface area contributed by atoms with E-state index in [1.54, 1.807) is 6.20 Å². The van der Waals surface area contributed by atoms with Crippen LogP contribution in [0.2, 0.25) is 0 Å². The normalized spacial score (nSPS) is 12.5. The molecule has 5 nitrogen and oxygen atoms in total. The van der Waals surface area contributed by atoms with Crippen molar-refractivity contribution in [3.05, 3.63) is 72.6 Å². The Kier molecular flexibility index (Phi) is 3.84. The number of fused-ring (bicyclic) bond motifs is 1. The van der Waals surface area contributed by atoms with E-state index in [-0.39, 0.29) is 6.04 Å². The Morgan fingerprint density at radius 1 is 1.00 bits per heavy atom. The van der Waals surface area contributed by atoms with E-state index in [1.807, 2.05) is 61.5 Å². The highest BCUT2D eigenvalue weighted by Gasteiger charge is 2.14. The SMILES string of the molecule is C[C@H](NCc1nc2ccccc2o1)c1ncc(-c2ccccc2)o1. The van der Waals surface area contributed by atoms with E-state index >= 15 is 0 Å². The van der Waals surface area contributed by atoms with Crippen molar-refractivity contribution in [1.82, 2.24) is 15.3 Å². The molecule has 24 heavy (non-hydrogen) atoms. The molecule has 0 saturated carbocycles. The topological polar surface area (TPSA) is 64.1 Å². The lowest BCUT2D eigenvalue weighted by Crippen LogP contribution is -2.18. The number of nitrogens with zero attached hydrogens (tertiary/aromatic N) is 2. The lowest BCUT2D eigenvalue weighted by molar-refractivity contribution is 0.400. The first kappa shape index (κ1) is 14.7. The summed E-state index contributed by atoms with van der Waals surface area (Å²) in [5.41, 5.74) is 2.68. The van der Waals surface area contributed by atoms with Gasteiger partial charge in [0.15, 0.2) is 11.3 Å². The molecule has 120 valence electrons. The van der Waals surface area contributed by atoms with E-state index in [9.17, 15) is 0 Å². The number of para-hydroxylation sites is 2. The molecule has 2 heterocycles. The Labute approximate surface area is 139 Å². The molecule has 4 rings (SSSR count). The summed E-state index contributed by atoms with van der Waals surface area (Å²) >= 11 is 0. The predicted molar refractivity (Wildman–Crippen MR) is 91.2 cm³/mol. The van der Waals surface area contributed by atoms with E-state index in [0.29, 0.717) is 18.3 Å². The van der Waals surface area contributed by atoms with E-state index in [2.05, 4.69) is 15.3 Å². The highest BCUT2D eigenvalue weighted by Crippen LogP contribution is 2.23. The number of aromatic nitrogens is 2. The van der Waals surface area contributed by atoms with Gasteiger partial charge in [-0.25, -0.2) is 9.97 Å². The summed E-state index contributed by atoms with van der Waals surface area (Å²) in [6.45, 7) is 2.52. The second kappa shape index (κ2) is 6.29. The van der Waals surface area contributed by atoms with Crippen molar-refractivity contribution < 1.29 is 8.83 Å². The Balaban J connectivity index is 1.44. The van der Waals surface area contributed by atoms with Crippen LogP contribution in [0.5, 0.6) is 0 Å². The maximum absolute atomic E-state index is 5.85. The Morgan fingerprint density at radius 3 is 2.62 bits per heavy atom. The summed E-state index contributed by atoms with van der Waals surface area (Å²) in [6, 6.07) is 17.6. The van der Waals surface area contributed by atoms with Gasteiger partial charge in [0.05, 0.1) is 18.8 Å². The quantitative estimate of drug-likeness (QED) is 0.593. The molecule has 0 fully saturated rings. The maximum atomic E-state index is 5.85. The zero-order valence-corrected chi connectivity index (χ0v) is 13.3. The molecule has 0 radical (unpaired) electrons. The summed E-state index contributed by atoms with van der Waals surface area (Å²) in [6.07, 6.45) is 1.75. The maximum Gasteiger partial charge on any atom is 0.211 e. The molecular weight excluding hydrogens is 302 g/mol. The molecule has 0 bridgehead atoms. The molecular formula is C19H17N3O2. The van der Waals surface area contributed by atoms with Crippen LogP contribution in [0.3, 0.4) is 0 Å². The van der Waals surface area contributed by atoms with Crippen LogP contribution in [-0.4, -0.2) is 9.97 Å². The number of hydrogen-bond acceptors (Lipinski definition) is 5. The van der Waals surface area contributed by atoms with Crippen molar-refractivity contribution in [3.8, 4) is 11.3 Å². The molecule has 0 amide bonds. The van der Waals surface area contributed by atoms with Gasteiger partial charge in [0.1, 0.15) is 5.52 Å². The zero-order valence-electron chi connectivity index (χ0n) is 13.3. The third-order valence-corrected chi connectivity index (χ3v) is 3.85. The van der Waals surface area contributed by atoms with Crippen molar-refractivity contribution in [2.45, 2.75) is 19.5 Å². The van der Waals surface area contributed by atoms with E-state index in [0.717, 1.165) is 22.4 Å². The van der Waals surface area contributed by atoms with Gasteiger partial charge in [0.2, 0.25) is 11.8 Å². The Hall–Kier alpha value is -2.92. The molecule has 0 unspecified atom stereocenters. The average molecular weight is 319 g/mol. The molecule has 0 saturated heterocycles. The van der Waals surface area contributed by atoms with Crippen LogP contribution in [0.15, 0.2) is 69.6 Å². The monoisotopic (exact) mass is 319 g/mol. The average Bonchev–Trinajstić information content (AvgIpc) is 3.27. The minimum absolute atomic E-state index is 0.0440. The van der Waals surface area contributed by atoms with Crippen LogP contribution in [0.25, 0.3) is 22.4 Å². The van der Waals surface area contributed by atoms with Crippen LogP contribution in [0.4, 0.5) is 0 Å². The lowest BCUT2D eigenvalue weighted by atomic mass is 10.2. The van der Waals surface area contributed by atoms with E-state index in [4.69, 9.17) is 8.83 Å². The highest BCUT2D eigenvalue weighted by molar-refractivity contribution is 5.72. The summed E-state index contributed by atoms with van der Waals surface area (Å²) < 4.78 is 11.6. The highest BCUT2D eigenvalue weighted by atomic mass is 16.4. The third-order valence-electron chi connectivity index (χ3n) is 3.85. The number of nitrogens with one attached hydrogen (secondary N) is 1. The Bertz CT molecular complexity index is 910. The molecule has 0 aliphatic heterocycles. The largest absolute Gasteiger partial charge is 0.439 e. The van der Waals surface area contributed by atoms with Crippen molar-refractivity contribution in [3.63, 3.8) is 0 Å². The van der Waals surface area contributed by atoms with Crippen molar-refractivity contribution >= 4 is 11.1 Å². The number of benzene rings is 2. The van der Waals surface area contributed by atoms with Gasteiger partial charge in [-0.1, -0.05) is 42.5 Å². The van der Waals surface area contributed by atoms with Crippen molar-refractivity contribution in [2.24, 2.45) is 0 Å². The van der Waals surface area contributed by atoms with Crippen LogP contribution >= 0.6 is 0 Å². The van der Waals surface area contributed by atoms with Gasteiger partial charge in [-0.15, -0.1) is 0 Å². The van der Waals surface area contributed by atoms with Crippen LogP contribution < -0.4 is 5.32 Å². The first-order valence-electron chi connectivity index (χ1n) is 7.88. The zero-order chi connectivity index (χ0) is 16.4. The van der Waals surface area contributed by atoms with Gasteiger partial charge in [-0.05, 0) is 19.1 Å². The molecule has 1 N–H and O–H groups in total. The smallest absolute Gasteiger partial charge is 0.211 e. The molecule has 0 aliphatic carbocycles. The molecule has 4 aromatic rings. The molecule has 2 aromatic heterocycles. The second-order valence-corrected chi connectivity index (χ2v) is 5.61. The standard InChI is InChI=1S/C19H17N3O2/c1-13(19-21-11-17(24-19)14-7-3-2-4-8-14)20-12-18-22-15-9-5-6-10-16(15)23-18/h2-11,13,20H,12H2,1H3/t13-/m0/s1. The minimum Gasteiger partial charge on any atom is -0.439 e. The predicted octanol–water partition coefficient (Wildman–Crippen LogP) is 4.33. The molecule has 5 heteroatoms. The van der Waals surface area contributed by atoms with Gasteiger partial charge in [0.25, 0.3) is 0 Å². The van der Waals surface area contributed by atoms with E-state index in [1.165, 1.54) is 0 Å². The van der Waals surface area contributed by atoms with Crippen molar-refractivity contribution in [1.29, 1.82) is 0 Å². The molecule has 0 aliphatic rings.